The Balaban J connectivity index is 1.69. The maximum absolute atomic E-state index is 12.2. The summed E-state index contributed by atoms with van der Waals surface area (Å²) in [7, 11) is 0. The van der Waals surface area contributed by atoms with Crippen LogP contribution in [0.4, 0.5) is 0 Å². The zero-order valence-electron chi connectivity index (χ0n) is 8.96. The maximum atomic E-state index is 12.2. The molecule has 3 atom stereocenters. The second kappa shape index (κ2) is 3.65. The van der Waals surface area contributed by atoms with Crippen LogP contribution in [-0.2, 0) is 9.59 Å². The molecule has 1 heterocycles. The first kappa shape index (κ1) is 10.4. The van der Waals surface area contributed by atoms with Gasteiger partial charge in [0.2, 0.25) is 5.91 Å². The van der Waals surface area contributed by atoms with Gasteiger partial charge in [0.15, 0.2) is 0 Å². The van der Waals surface area contributed by atoms with Crippen LogP contribution in [0.2, 0.25) is 0 Å². The van der Waals surface area contributed by atoms with Crippen molar-refractivity contribution in [1.29, 1.82) is 0 Å². The monoisotopic (exact) mass is 241 g/mol. The Morgan fingerprint density at radius 3 is 2.56 bits per heavy atom. The molecule has 1 aliphatic heterocycles. The standard InChI is InChI=1S/C11H15NO3S/c13-10(9-6-2-1-3-7(6)9)12-5-16-4-8(12)11(14)15/h6-9H,1-5H2,(H,14,15)/t6?,7?,8-,9?/m0/s1. The number of fused-ring (bicyclic) bond motifs is 1. The number of carboxylic acid groups (broad SMARTS) is 1. The minimum atomic E-state index is -0.857. The van der Waals surface area contributed by atoms with Crippen LogP contribution in [0.15, 0.2) is 0 Å². The average Bonchev–Trinajstić information content (AvgIpc) is 2.74. The Morgan fingerprint density at radius 2 is 1.94 bits per heavy atom. The lowest BCUT2D eigenvalue weighted by atomic mass is 10.1. The number of nitrogens with zero attached hydrogens (tertiary/aromatic N) is 1. The molecule has 3 aliphatic rings. The van der Waals surface area contributed by atoms with Crippen molar-refractivity contribution in [3.8, 4) is 0 Å². The van der Waals surface area contributed by atoms with Gasteiger partial charge in [-0.3, -0.25) is 4.79 Å². The van der Waals surface area contributed by atoms with Gasteiger partial charge in [-0.05, 0) is 24.7 Å². The molecule has 1 amide bonds. The Labute approximate surface area is 98.4 Å². The first-order valence-electron chi connectivity index (χ1n) is 5.81. The van der Waals surface area contributed by atoms with Crippen molar-refractivity contribution in [3.63, 3.8) is 0 Å². The van der Waals surface area contributed by atoms with Gasteiger partial charge in [0.1, 0.15) is 6.04 Å². The summed E-state index contributed by atoms with van der Waals surface area (Å²) >= 11 is 1.54. The predicted molar refractivity (Wildman–Crippen MR) is 59.9 cm³/mol. The number of carbonyl (C=O) groups excluding carboxylic acids is 1. The van der Waals surface area contributed by atoms with E-state index in [1.165, 1.54) is 19.3 Å². The Hall–Kier alpha value is -0.710. The van der Waals surface area contributed by atoms with Crippen molar-refractivity contribution in [2.24, 2.45) is 17.8 Å². The van der Waals surface area contributed by atoms with Gasteiger partial charge in [-0.25, -0.2) is 4.79 Å². The van der Waals surface area contributed by atoms with Crippen molar-refractivity contribution in [3.05, 3.63) is 0 Å². The number of rotatable bonds is 2. The number of carboxylic acids is 1. The quantitative estimate of drug-likeness (QED) is 0.784. The third-order valence-electron chi connectivity index (χ3n) is 4.14. The Morgan fingerprint density at radius 1 is 1.25 bits per heavy atom. The molecule has 0 bridgehead atoms. The van der Waals surface area contributed by atoms with E-state index in [4.69, 9.17) is 5.11 Å². The van der Waals surface area contributed by atoms with Crippen molar-refractivity contribution < 1.29 is 14.7 Å². The van der Waals surface area contributed by atoms with E-state index in [0.29, 0.717) is 23.5 Å². The fourth-order valence-corrected chi connectivity index (χ4v) is 4.40. The molecule has 5 heteroatoms. The predicted octanol–water partition coefficient (Wildman–Crippen LogP) is 1.02. The van der Waals surface area contributed by atoms with E-state index in [2.05, 4.69) is 0 Å². The fraction of sp³-hybridized carbons (Fsp3) is 0.818. The summed E-state index contributed by atoms with van der Waals surface area (Å²) in [5, 5.41) is 9.03. The lowest BCUT2D eigenvalue weighted by Crippen LogP contribution is -2.43. The molecule has 2 saturated carbocycles. The second-order valence-electron chi connectivity index (χ2n) is 4.95. The van der Waals surface area contributed by atoms with Crippen LogP contribution >= 0.6 is 11.8 Å². The summed E-state index contributed by atoms with van der Waals surface area (Å²) in [6, 6.07) is -0.584. The topological polar surface area (TPSA) is 57.6 Å². The molecule has 3 fully saturated rings. The molecule has 4 nitrogen and oxygen atoms in total. The van der Waals surface area contributed by atoms with E-state index in [1.54, 1.807) is 16.7 Å². The second-order valence-corrected chi connectivity index (χ2v) is 5.95. The summed E-state index contributed by atoms with van der Waals surface area (Å²) in [5.41, 5.74) is 0. The van der Waals surface area contributed by atoms with Gasteiger partial charge < -0.3 is 10.0 Å². The van der Waals surface area contributed by atoms with Gasteiger partial charge in [0.25, 0.3) is 0 Å². The molecule has 0 aromatic carbocycles. The summed E-state index contributed by atoms with van der Waals surface area (Å²) in [4.78, 5) is 24.8. The average molecular weight is 241 g/mol. The van der Waals surface area contributed by atoms with Crippen LogP contribution in [0, 0.1) is 17.8 Å². The van der Waals surface area contributed by atoms with Gasteiger partial charge in [-0.15, -0.1) is 11.8 Å². The number of thioether (sulfide) groups is 1. The number of aliphatic carboxylic acids is 1. The van der Waals surface area contributed by atoms with E-state index in [1.807, 2.05) is 0 Å². The van der Waals surface area contributed by atoms with Gasteiger partial charge >= 0.3 is 5.97 Å². The van der Waals surface area contributed by atoms with Crippen LogP contribution in [0.5, 0.6) is 0 Å². The molecule has 0 aromatic heterocycles. The van der Waals surface area contributed by atoms with Gasteiger partial charge in [0.05, 0.1) is 5.88 Å². The summed E-state index contributed by atoms with van der Waals surface area (Å²) in [5.74, 6) is 1.67. The maximum Gasteiger partial charge on any atom is 0.327 e. The Bertz CT molecular complexity index is 336. The van der Waals surface area contributed by atoms with Gasteiger partial charge in [0, 0.05) is 11.7 Å². The molecule has 16 heavy (non-hydrogen) atoms. The van der Waals surface area contributed by atoms with E-state index >= 15 is 0 Å². The molecule has 3 rings (SSSR count). The van der Waals surface area contributed by atoms with E-state index < -0.39 is 12.0 Å². The Kier molecular flexibility index (Phi) is 2.38. The van der Waals surface area contributed by atoms with Crippen molar-refractivity contribution in [1.82, 2.24) is 4.90 Å². The largest absolute Gasteiger partial charge is 0.480 e. The van der Waals surface area contributed by atoms with Crippen molar-refractivity contribution in [2.75, 3.05) is 11.6 Å². The van der Waals surface area contributed by atoms with Crippen LogP contribution in [0.1, 0.15) is 19.3 Å². The smallest absolute Gasteiger partial charge is 0.327 e. The van der Waals surface area contributed by atoms with Crippen LogP contribution in [0.3, 0.4) is 0 Å². The molecule has 0 aromatic rings. The molecule has 0 spiro atoms. The highest BCUT2D eigenvalue weighted by atomic mass is 32.2. The highest BCUT2D eigenvalue weighted by Gasteiger charge is 2.58. The van der Waals surface area contributed by atoms with Crippen molar-refractivity contribution >= 4 is 23.6 Å². The van der Waals surface area contributed by atoms with Crippen LogP contribution in [-0.4, -0.2) is 39.6 Å². The zero-order valence-corrected chi connectivity index (χ0v) is 9.78. The van der Waals surface area contributed by atoms with Crippen LogP contribution in [0.25, 0.3) is 0 Å². The van der Waals surface area contributed by atoms with E-state index in [9.17, 15) is 9.59 Å². The van der Waals surface area contributed by atoms with Gasteiger partial charge in [-0.2, -0.15) is 0 Å². The van der Waals surface area contributed by atoms with E-state index in [0.717, 1.165) is 0 Å². The molecule has 88 valence electrons. The molecule has 1 N–H and O–H groups in total. The number of carbonyl (C=O) groups is 2. The summed E-state index contributed by atoms with van der Waals surface area (Å²) in [6.07, 6.45) is 3.58. The first-order valence-corrected chi connectivity index (χ1v) is 6.96. The number of hydrogen-bond acceptors (Lipinski definition) is 3. The minimum absolute atomic E-state index is 0.104. The van der Waals surface area contributed by atoms with Gasteiger partial charge in [-0.1, -0.05) is 6.42 Å². The van der Waals surface area contributed by atoms with E-state index in [-0.39, 0.29) is 11.8 Å². The number of amides is 1. The molecular weight excluding hydrogens is 226 g/mol. The van der Waals surface area contributed by atoms with Crippen molar-refractivity contribution in [2.45, 2.75) is 25.3 Å². The molecule has 1 saturated heterocycles. The minimum Gasteiger partial charge on any atom is -0.480 e. The molecule has 2 aliphatic carbocycles. The number of hydrogen-bond donors (Lipinski definition) is 1. The normalized spacial score (nSPS) is 40.9. The highest BCUT2D eigenvalue weighted by Crippen LogP contribution is 2.58. The third-order valence-corrected chi connectivity index (χ3v) is 5.15. The lowest BCUT2D eigenvalue weighted by Gasteiger charge is -2.21. The molecular formula is C11H15NO3S. The fourth-order valence-electron chi connectivity index (χ4n) is 3.24. The lowest BCUT2D eigenvalue weighted by molar-refractivity contribution is -0.148. The molecule has 2 unspecified atom stereocenters. The molecule has 0 radical (unpaired) electrons. The third kappa shape index (κ3) is 1.44. The summed E-state index contributed by atoms with van der Waals surface area (Å²) in [6.45, 7) is 0. The zero-order chi connectivity index (χ0) is 11.3. The SMILES string of the molecule is O=C(O)[C@@H]1CSCN1C(=O)C1C2CCCC21. The highest BCUT2D eigenvalue weighted by molar-refractivity contribution is 7.99. The summed E-state index contributed by atoms with van der Waals surface area (Å²) < 4.78 is 0. The first-order chi connectivity index (χ1) is 7.70. The van der Waals surface area contributed by atoms with Crippen LogP contribution < -0.4 is 0 Å².